The molecule has 1 aromatic carbocycles. The zero-order valence-corrected chi connectivity index (χ0v) is 18.6. The molecule has 1 saturated heterocycles. The fourth-order valence-corrected chi connectivity index (χ4v) is 5.09. The molecule has 2 aliphatic rings. The Bertz CT molecular complexity index is 950. The van der Waals surface area contributed by atoms with Gasteiger partial charge >= 0.3 is 6.18 Å². The summed E-state index contributed by atoms with van der Waals surface area (Å²) in [6.45, 7) is 4.35. The minimum Gasteiger partial charge on any atom is -0.340 e. The summed E-state index contributed by atoms with van der Waals surface area (Å²) in [5.74, 6) is 0.0110. The van der Waals surface area contributed by atoms with Gasteiger partial charge in [0.2, 0.25) is 11.8 Å². The van der Waals surface area contributed by atoms with E-state index in [1.807, 2.05) is 4.90 Å². The number of benzene rings is 1. The van der Waals surface area contributed by atoms with Crippen LogP contribution in [0.15, 0.2) is 35.7 Å². The number of hydrogen-bond donors (Lipinski definition) is 0. The lowest BCUT2D eigenvalue weighted by Gasteiger charge is -2.35. The van der Waals surface area contributed by atoms with Crippen molar-refractivity contribution in [2.75, 3.05) is 32.7 Å². The first-order valence-electron chi connectivity index (χ1n) is 10.8. The van der Waals surface area contributed by atoms with Gasteiger partial charge < -0.3 is 9.80 Å². The van der Waals surface area contributed by atoms with Gasteiger partial charge in [0.05, 0.1) is 5.56 Å². The van der Waals surface area contributed by atoms with E-state index < -0.39 is 11.7 Å². The molecule has 0 aliphatic carbocycles. The van der Waals surface area contributed by atoms with Gasteiger partial charge in [0.25, 0.3) is 0 Å². The Labute approximate surface area is 189 Å². The third kappa shape index (κ3) is 5.50. The van der Waals surface area contributed by atoms with E-state index >= 15 is 0 Å². The van der Waals surface area contributed by atoms with Gasteiger partial charge in [-0.15, -0.1) is 11.3 Å². The van der Waals surface area contributed by atoms with Crippen LogP contribution in [0.1, 0.15) is 34.4 Å². The van der Waals surface area contributed by atoms with Crippen molar-refractivity contribution in [1.82, 2.24) is 14.7 Å². The summed E-state index contributed by atoms with van der Waals surface area (Å²) >= 11 is 1.73. The summed E-state index contributed by atoms with van der Waals surface area (Å²) < 4.78 is 38.1. The van der Waals surface area contributed by atoms with Gasteiger partial charge in [-0.2, -0.15) is 13.2 Å². The van der Waals surface area contributed by atoms with Gasteiger partial charge in [-0.25, -0.2) is 0 Å². The number of thiophene rings is 1. The summed E-state index contributed by atoms with van der Waals surface area (Å²) in [7, 11) is 0. The molecular weight excluding hydrogens is 439 g/mol. The van der Waals surface area contributed by atoms with Crippen molar-refractivity contribution in [2.45, 2.75) is 38.5 Å². The van der Waals surface area contributed by atoms with Crippen molar-refractivity contribution in [2.24, 2.45) is 0 Å². The number of amides is 2. The number of carbonyl (C=O) groups is 2. The maximum absolute atomic E-state index is 12.7. The number of rotatable bonds is 5. The topological polar surface area (TPSA) is 43.9 Å². The number of nitrogens with zero attached hydrogens (tertiary/aromatic N) is 3. The van der Waals surface area contributed by atoms with Crippen molar-refractivity contribution in [1.29, 1.82) is 0 Å². The Hall–Kier alpha value is -2.39. The smallest absolute Gasteiger partial charge is 0.340 e. The normalized spacial score (nSPS) is 17.3. The van der Waals surface area contributed by atoms with Crippen molar-refractivity contribution in [3.05, 3.63) is 57.3 Å². The van der Waals surface area contributed by atoms with Crippen LogP contribution in [-0.4, -0.2) is 59.2 Å². The van der Waals surface area contributed by atoms with Crippen LogP contribution in [0, 0.1) is 0 Å². The van der Waals surface area contributed by atoms with Gasteiger partial charge in [0.15, 0.2) is 0 Å². The maximum Gasteiger partial charge on any atom is 0.416 e. The van der Waals surface area contributed by atoms with Crippen LogP contribution in [0.4, 0.5) is 13.2 Å². The molecule has 4 rings (SSSR count). The molecule has 0 unspecified atom stereocenters. The Morgan fingerprint density at radius 2 is 1.53 bits per heavy atom. The molecule has 0 saturated carbocycles. The molecule has 9 heteroatoms. The third-order valence-corrected chi connectivity index (χ3v) is 7.15. The molecule has 0 bridgehead atoms. The van der Waals surface area contributed by atoms with Crippen molar-refractivity contribution >= 4 is 23.2 Å². The van der Waals surface area contributed by atoms with Crippen molar-refractivity contribution in [3.8, 4) is 0 Å². The Balaban J connectivity index is 1.19. The molecule has 2 aliphatic heterocycles. The number of piperazine rings is 1. The summed E-state index contributed by atoms with van der Waals surface area (Å²) in [5, 5.41) is 2.05. The summed E-state index contributed by atoms with van der Waals surface area (Å²) in [6.07, 6.45) is -3.00. The van der Waals surface area contributed by atoms with Crippen LogP contribution in [0.2, 0.25) is 0 Å². The van der Waals surface area contributed by atoms with E-state index in [9.17, 15) is 22.8 Å². The van der Waals surface area contributed by atoms with Crippen molar-refractivity contribution in [3.63, 3.8) is 0 Å². The molecule has 3 heterocycles. The molecule has 0 radical (unpaired) electrons. The Morgan fingerprint density at radius 1 is 0.875 bits per heavy atom. The molecule has 0 atom stereocenters. The number of carbonyl (C=O) groups excluding carboxylic acids is 2. The highest BCUT2D eigenvalue weighted by molar-refractivity contribution is 7.10. The molecule has 1 aromatic heterocycles. The monoisotopic (exact) mass is 465 g/mol. The second-order valence-electron chi connectivity index (χ2n) is 8.29. The molecule has 5 nitrogen and oxygen atoms in total. The van der Waals surface area contributed by atoms with Crippen LogP contribution in [0.3, 0.4) is 0 Å². The zero-order chi connectivity index (χ0) is 22.7. The first-order chi connectivity index (χ1) is 15.3. The SMILES string of the molecule is O=C(CCC(=O)N1CCc2sccc2C1)N1CCN(Cc2ccc(C(F)(F)F)cc2)CC1. The second-order valence-corrected chi connectivity index (χ2v) is 9.29. The molecule has 1 fully saturated rings. The van der Waals surface area contributed by atoms with E-state index in [4.69, 9.17) is 0 Å². The standard InChI is InChI=1S/C23H26F3N3O2S/c24-23(25,26)19-3-1-17(2-4-19)15-27-10-12-28(13-11-27)21(30)5-6-22(31)29-9-7-20-18(16-29)8-14-32-20/h1-4,8,14H,5-7,9-13,15-16H2. The summed E-state index contributed by atoms with van der Waals surface area (Å²) in [5.41, 5.74) is 1.38. The first kappa shape index (κ1) is 22.8. The molecule has 0 spiro atoms. The van der Waals surface area contributed by atoms with Crippen LogP contribution in [-0.2, 0) is 35.3 Å². The largest absolute Gasteiger partial charge is 0.416 e. The number of hydrogen-bond acceptors (Lipinski definition) is 4. The average molecular weight is 466 g/mol. The molecule has 2 amide bonds. The van der Waals surface area contributed by atoms with Gasteiger partial charge in [-0.05, 0) is 41.1 Å². The summed E-state index contributed by atoms with van der Waals surface area (Å²) in [4.78, 5) is 32.2. The van der Waals surface area contributed by atoms with E-state index in [0.717, 1.165) is 24.1 Å². The number of fused-ring (bicyclic) bond motifs is 1. The van der Waals surface area contributed by atoms with Crippen molar-refractivity contribution < 1.29 is 22.8 Å². The quantitative estimate of drug-likeness (QED) is 0.675. The summed E-state index contributed by atoms with van der Waals surface area (Å²) in [6, 6.07) is 7.28. The van der Waals surface area contributed by atoms with Gasteiger partial charge in [-0.1, -0.05) is 12.1 Å². The second kappa shape index (κ2) is 9.62. The van der Waals surface area contributed by atoms with Gasteiger partial charge in [0, 0.05) is 63.5 Å². The minimum absolute atomic E-state index is 0.0132. The maximum atomic E-state index is 12.7. The van der Waals surface area contributed by atoms with Crippen LogP contribution < -0.4 is 0 Å². The lowest BCUT2D eigenvalue weighted by Crippen LogP contribution is -2.48. The van der Waals surface area contributed by atoms with E-state index in [0.29, 0.717) is 45.8 Å². The highest BCUT2D eigenvalue weighted by Crippen LogP contribution is 2.29. The molecule has 2 aromatic rings. The third-order valence-electron chi connectivity index (χ3n) is 6.13. The van der Waals surface area contributed by atoms with Gasteiger partial charge in [-0.3, -0.25) is 14.5 Å². The van der Waals surface area contributed by atoms with Crippen LogP contribution in [0.25, 0.3) is 0 Å². The Morgan fingerprint density at radius 3 is 2.19 bits per heavy atom. The van der Waals surface area contributed by atoms with Crippen LogP contribution >= 0.6 is 11.3 Å². The molecule has 172 valence electrons. The van der Waals surface area contributed by atoms with E-state index in [1.165, 1.54) is 22.6 Å². The van der Waals surface area contributed by atoms with E-state index in [2.05, 4.69) is 16.3 Å². The average Bonchev–Trinajstić information content (AvgIpc) is 3.25. The fourth-order valence-electron chi connectivity index (χ4n) is 4.20. The lowest BCUT2D eigenvalue weighted by atomic mass is 10.1. The highest BCUT2D eigenvalue weighted by Gasteiger charge is 2.30. The predicted molar refractivity (Wildman–Crippen MR) is 116 cm³/mol. The number of halogens is 3. The Kier molecular flexibility index (Phi) is 6.85. The first-order valence-corrected chi connectivity index (χ1v) is 11.7. The van der Waals surface area contributed by atoms with Gasteiger partial charge in [0.1, 0.15) is 0 Å². The molecule has 32 heavy (non-hydrogen) atoms. The zero-order valence-electron chi connectivity index (χ0n) is 17.7. The van der Waals surface area contributed by atoms with Crippen LogP contribution in [0.5, 0.6) is 0 Å². The number of alkyl halides is 3. The predicted octanol–water partition coefficient (Wildman–Crippen LogP) is 3.78. The fraction of sp³-hybridized carbons (Fsp3) is 0.478. The van der Waals surface area contributed by atoms with E-state index in [1.54, 1.807) is 16.2 Å². The molecule has 0 N–H and O–H groups in total. The lowest BCUT2D eigenvalue weighted by molar-refractivity contribution is -0.138. The minimum atomic E-state index is -4.33. The highest BCUT2D eigenvalue weighted by atomic mass is 32.1. The van der Waals surface area contributed by atoms with E-state index in [-0.39, 0.29) is 24.7 Å². The molecular formula is C23H26F3N3O2S.